The van der Waals surface area contributed by atoms with Crippen molar-refractivity contribution >= 4 is 5.78 Å². The molecule has 68 valence electrons. The van der Waals surface area contributed by atoms with E-state index in [1.54, 1.807) is 0 Å². The normalized spacial score (nSPS) is 44.9. The van der Waals surface area contributed by atoms with Gasteiger partial charge in [-0.1, -0.05) is 13.8 Å². The Morgan fingerprint density at radius 1 is 1.50 bits per heavy atom. The minimum atomic E-state index is -0.941. The van der Waals surface area contributed by atoms with Crippen LogP contribution in [-0.2, 0) is 4.79 Å². The first-order valence-corrected chi connectivity index (χ1v) is 4.70. The number of fused-ring (bicyclic) bond motifs is 1. The lowest BCUT2D eigenvalue weighted by Gasteiger charge is -2.21. The number of ketones is 1. The molecule has 0 heterocycles. The van der Waals surface area contributed by atoms with E-state index in [2.05, 4.69) is 13.8 Å². The quantitative estimate of drug-likeness (QED) is 0.595. The summed E-state index contributed by atoms with van der Waals surface area (Å²) >= 11 is 0. The Kier molecular flexibility index (Phi) is 1.45. The molecule has 2 aliphatic rings. The van der Waals surface area contributed by atoms with Crippen molar-refractivity contribution in [1.29, 1.82) is 0 Å². The molecule has 2 fully saturated rings. The lowest BCUT2D eigenvalue weighted by Crippen LogP contribution is -2.36. The Balaban J connectivity index is 2.29. The highest BCUT2D eigenvalue weighted by atomic mass is 16.3. The summed E-state index contributed by atoms with van der Waals surface area (Å²) in [4.78, 5) is 11.4. The number of carbonyl (C=O) groups excluding carboxylic acids is 1. The van der Waals surface area contributed by atoms with E-state index < -0.39 is 5.60 Å². The maximum absolute atomic E-state index is 11.4. The third-order valence-corrected chi connectivity index (χ3v) is 3.43. The zero-order valence-electron chi connectivity index (χ0n) is 7.76. The van der Waals surface area contributed by atoms with E-state index in [0.717, 1.165) is 12.8 Å². The summed E-state index contributed by atoms with van der Waals surface area (Å²) in [6, 6.07) is 0. The van der Waals surface area contributed by atoms with Gasteiger partial charge in [-0.2, -0.15) is 0 Å². The SMILES string of the molecule is CC1(C)CC2CCC(=O)C2(O)C1. The highest BCUT2D eigenvalue weighted by molar-refractivity contribution is 5.90. The van der Waals surface area contributed by atoms with Gasteiger partial charge in [-0.3, -0.25) is 4.79 Å². The van der Waals surface area contributed by atoms with Crippen LogP contribution >= 0.6 is 0 Å². The van der Waals surface area contributed by atoms with Crippen molar-refractivity contribution in [3.63, 3.8) is 0 Å². The Hall–Kier alpha value is -0.370. The van der Waals surface area contributed by atoms with Gasteiger partial charge < -0.3 is 5.11 Å². The fourth-order valence-corrected chi connectivity index (χ4v) is 2.97. The number of rotatable bonds is 0. The third kappa shape index (κ3) is 0.939. The molecular formula is C10H16O2. The van der Waals surface area contributed by atoms with Crippen LogP contribution in [0, 0.1) is 11.3 Å². The predicted molar refractivity (Wildman–Crippen MR) is 45.7 cm³/mol. The molecule has 0 aliphatic heterocycles. The zero-order chi connectivity index (χ0) is 8.98. The summed E-state index contributed by atoms with van der Waals surface area (Å²) in [7, 11) is 0. The van der Waals surface area contributed by atoms with Crippen LogP contribution in [0.3, 0.4) is 0 Å². The lowest BCUT2D eigenvalue weighted by molar-refractivity contribution is -0.135. The number of aliphatic hydroxyl groups is 1. The van der Waals surface area contributed by atoms with Gasteiger partial charge in [-0.25, -0.2) is 0 Å². The molecule has 2 nitrogen and oxygen atoms in total. The molecule has 0 amide bonds. The van der Waals surface area contributed by atoms with E-state index in [1.165, 1.54) is 0 Å². The van der Waals surface area contributed by atoms with Crippen LogP contribution in [0.5, 0.6) is 0 Å². The Labute approximate surface area is 73.0 Å². The number of hydrogen-bond donors (Lipinski definition) is 1. The first-order chi connectivity index (χ1) is 5.44. The summed E-state index contributed by atoms with van der Waals surface area (Å²) in [6.45, 7) is 4.27. The van der Waals surface area contributed by atoms with Crippen molar-refractivity contribution < 1.29 is 9.90 Å². The molecule has 2 unspecified atom stereocenters. The molecule has 2 saturated carbocycles. The van der Waals surface area contributed by atoms with E-state index in [1.807, 2.05) is 0 Å². The smallest absolute Gasteiger partial charge is 0.164 e. The lowest BCUT2D eigenvalue weighted by atomic mass is 9.87. The van der Waals surface area contributed by atoms with Crippen LogP contribution in [0.2, 0.25) is 0 Å². The molecule has 0 radical (unpaired) electrons. The van der Waals surface area contributed by atoms with Crippen LogP contribution < -0.4 is 0 Å². The molecule has 2 aliphatic carbocycles. The topological polar surface area (TPSA) is 37.3 Å². The molecule has 2 atom stereocenters. The average molecular weight is 168 g/mol. The molecule has 12 heavy (non-hydrogen) atoms. The fraction of sp³-hybridized carbons (Fsp3) is 0.900. The maximum Gasteiger partial charge on any atom is 0.164 e. The second-order valence-corrected chi connectivity index (χ2v) is 5.13. The number of carbonyl (C=O) groups is 1. The fourth-order valence-electron chi connectivity index (χ4n) is 2.97. The molecule has 0 bridgehead atoms. The summed E-state index contributed by atoms with van der Waals surface area (Å²) in [5.41, 5.74) is -0.779. The van der Waals surface area contributed by atoms with Gasteiger partial charge in [-0.15, -0.1) is 0 Å². The van der Waals surface area contributed by atoms with Crippen LogP contribution in [0.4, 0.5) is 0 Å². The van der Waals surface area contributed by atoms with Crippen molar-refractivity contribution in [1.82, 2.24) is 0 Å². The van der Waals surface area contributed by atoms with Crippen molar-refractivity contribution in [3.05, 3.63) is 0 Å². The molecule has 1 N–H and O–H groups in total. The Bertz CT molecular complexity index is 232. The van der Waals surface area contributed by atoms with Crippen molar-refractivity contribution in [2.75, 3.05) is 0 Å². The summed E-state index contributed by atoms with van der Waals surface area (Å²) < 4.78 is 0. The van der Waals surface area contributed by atoms with E-state index in [0.29, 0.717) is 12.8 Å². The summed E-state index contributed by atoms with van der Waals surface area (Å²) in [6.07, 6.45) is 3.18. The molecule has 0 aromatic carbocycles. The van der Waals surface area contributed by atoms with Crippen LogP contribution in [0.15, 0.2) is 0 Å². The second-order valence-electron chi connectivity index (χ2n) is 5.13. The monoisotopic (exact) mass is 168 g/mol. The van der Waals surface area contributed by atoms with Gasteiger partial charge in [0.1, 0.15) is 5.60 Å². The van der Waals surface area contributed by atoms with Gasteiger partial charge in [0, 0.05) is 6.42 Å². The van der Waals surface area contributed by atoms with Crippen molar-refractivity contribution in [2.24, 2.45) is 11.3 Å². The summed E-state index contributed by atoms with van der Waals surface area (Å²) in [5.74, 6) is 0.332. The van der Waals surface area contributed by atoms with Gasteiger partial charge in [0.05, 0.1) is 0 Å². The third-order valence-electron chi connectivity index (χ3n) is 3.43. The minimum Gasteiger partial charge on any atom is -0.382 e. The molecule has 2 heteroatoms. The van der Waals surface area contributed by atoms with Gasteiger partial charge in [0.25, 0.3) is 0 Å². The molecule has 0 aromatic heterocycles. The van der Waals surface area contributed by atoms with E-state index >= 15 is 0 Å². The maximum atomic E-state index is 11.4. The van der Waals surface area contributed by atoms with E-state index in [4.69, 9.17) is 0 Å². The van der Waals surface area contributed by atoms with Crippen LogP contribution in [-0.4, -0.2) is 16.5 Å². The first-order valence-electron chi connectivity index (χ1n) is 4.70. The molecule has 0 aromatic rings. The van der Waals surface area contributed by atoms with Crippen molar-refractivity contribution in [2.45, 2.75) is 45.1 Å². The van der Waals surface area contributed by atoms with Crippen molar-refractivity contribution in [3.8, 4) is 0 Å². The second kappa shape index (κ2) is 2.11. The number of Topliss-reactive ketones (excluding diaryl/α,β-unsaturated/α-hetero) is 1. The predicted octanol–water partition coefficient (Wildman–Crippen LogP) is 1.52. The molecule has 2 rings (SSSR count). The van der Waals surface area contributed by atoms with Gasteiger partial charge in [0.15, 0.2) is 5.78 Å². The Morgan fingerprint density at radius 2 is 2.17 bits per heavy atom. The molecular weight excluding hydrogens is 152 g/mol. The van der Waals surface area contributed by atoms with Gasteiger partial charge in [-0.05, 0) is 30.6 Å². The molecule has 0 spiro atoms. The first kappa shape index (κ1) is 8.24. The Morgan fingerprint density at radius 3 is 2.75 bits per heavy atom. The molecule has 0 saturated heterocycles. The highest BCUT2D eigenvalue weighted by Gasteiger charge is 2.56. The average Bonchev–Trinajstić information content (AvgIpc) is 2.27. The minimum absolute atomic E-state index is 0.0816. The van der Waals surface area contributed by atoms with Gasteiger partial charge >= 0.3 is 0 Å². The van der Waals surface area contributed by atoms with Crippen LogP contribution in [0.1, 0.15) is 39.5 Å². The zero-order valence-corrected chi connectivity index (χ0v) is 7.76. The number of hydrogen-bond acceptors (Lipinski definition) is 2. The van der Waals surface area contributed by atoms with E-state index in [-0.39, 0.29) is 17.1 Å². The largest absolute Gasteiger partial charge is 0.382 e. The highest BCUT2D eigenvalue weighted by Crippen LogP contribution is 2.53. The van der Waals surface area contributed by atoms with Gasteiger partial charge in [0.2, 0.25) is 0 Å². The standard InChI is InChI=1S/C10H16O2/c1-9(2)5-7-3-4-8(11)10(7,12)6-9/h7,12H,3-6H2,1-2H3. The van der Waals surface area contributed by atoms with E-state index in [9.17, 15) is 9.90 Å². The summed E-state index contributed by atoms with van der Waals surface area (Å²) in [5, 5.41) is 10.1. The van der Waals surface area contributed by atoms with Crippen LogP contribution in [0.25, 0.3) is 0 Å².